The van der Waals surface area contributed by atoms with Crippen molar-refractivity contribution in [2.24, 2.45) is 0 Å². The molecule has 5 heteroatoms. The van der Waals surface area contributed by atoms with Crippen LogP contribution in [0.4, 0.5) is 0 Å². The predicted molar refractivity (Wildman–Crippen MR) is 240 cm³/mol. The molecule has 0 fully saturated rings. The second-order valence-corrected chi connectivity index (χ2v) is 14.8. The van der Waals surface area contributed by atoms with Gasteiger partial charge in [0.05, 0.1) is 27.8 Å². The van der Waals surface area contributed by atoms with Crippen molar-refractivity contribution in [3.05, 3.63) is 200 Å². The van der Waals surface area contributed by atoms with Crippen molar-refractivity contribution in [2.45, 2.75) is 0 Å². The van der Waals surface area contributed by atoms with Crippen LogP contribution in [-0.4, -0.2) is 24.1 Å². The van der Waals surface area contributed by atoms with Crippen molar-refractivity contribution in [3.63, 3.8) is 0 Å². The first-order valence-corrected chi connectivity index (χ1v) is 19.6. The van der Waals surface area contributed by atoms with Crippen LogP contribution in [0.15, 0.2) is 200 Å². The molecule has 9 aromatic carbocycles. The highest BCUT2D eigenvalue weighted by molar-refractivity contribution is 6.25. The van der Waals surface area contributed by atoms with E-state index in [0.717, 1.165) is 49.9 Å². The highest BCUT2D eigenvalue weighted by atomic mass is 15.0. The van der Waals surface area contributed by atoms with Gasteiger partial charge in [-0.15, -0.1) is 0 Å². The van der Waals surface area contributed by atoms with E-state index in [-0.39, 0.29) is 0 Å². The Kier molecular flexibility index (Phi) is 7.16. The lowest BCUT2D eigenvalue weighted by Crippen LogP contribution is -2.01. The normalized spacial score (nSPS) is 11.8. The Balaban J connectivity index is 1.16. The molecule has 0 aliphatic rings. The van der Waals surface area contributed by atoms with E-state index in [9.17, 15) is 0 Å². The third-order valence-corrected chi connectivity index (χ3v) is 11.5. The number of rotatable bonds is 5. The van der Waals surface area contributed by atoms with E-state index in [4.69, 9.17) is 15.0 Å². The number of para-hydroxylation sites is 2. The van der Waals surface area contributed by atoms with Gasteiger partial charge in [0, 0.05) is 49.3 Å². The molecular formula is C53H33N5. The van der Waals surface area contributed by atoms with Crippen molar-refractivity contribution in [2.75, 3.05) is 0 Å². The summed E-state index contributed by atoms with van der Waals surface area (Å²) in [6.07, 6.45) is 0. The number of hydrogen-bond donors (Lipinski definition) is 0. The SMILES string of the molecule is c1ccc(-c2nc(-c3ccccc3)nc(-c3ccc(-n4c5cc6c7ccccc7n(-c7ccccc7)c6cc5c5c6ccccc6ccc54)c4ccccc34)n2)cc1. The van der Waals surface area contributed by atoms with Crippen molar-refractivity contribution < 1.29 is 0 Å². The van der Waals surface area contributed by atoms with Crippen LogP contribution in [0, 0.1) is 0 Å². The van der Waals surface area contributed by atoms with Crippen LogP contribution in [-0.2, 0) is 0 Å². The van der Waals surface area contributed by atoms with Crippen LogP contribution < -0.4 is 0 Å². The van der Waals surface area contributed by atoms with Crippen LogP contribution in [0.3, 0.4) is 0 Å². The van der Waals surface area contributed by atoms with Crippen molar-refractivity contribution in [1.82, 2.24) is 24.1 Å². The summed E-state index contributed by atoms with van der Waals surface area (Å²) in [4.78, 5) is 15.2. The van der Waals surface area contributed by atoms with Gasteiger partial charge in [0.1, 0.15) is 0 Å². The van der Waals surface area contributed by atoms with E-state index in [1.807, 2.05) is 36.4 Å². The van der Waals surface area contributed by atoms with Gasteiger partial charge in [0.15, 0.2) is 17.5 Å². The zero-order valence-corrected chi connectivity index (χ0v) is 31.3. The second kappa shape index (κ2) is 12.8. The van der Waals surface area contributed by atoms with Gasteiger partial charge >= 0.3 is 0 Å². The maximum absolute atomic E-state index is 5.14. The molecule has 0 N–H and O–H groups in total. The van der Waals surface area contributed by atoms with E-state index < -0.39 is 0 Å². The van der Waals surface area contributed by atoms with Crippen molar-refractivity contribution >= 4 is 65.2 Å². The molecule has 0 unspecified atom stereocenters. The summed E-state index contributed by atoms with van der Waals surface area (Å²) < 4.78 is 4.88. The smallest absolute Gasteiger partial charge is 0.164 e. The first-order valence-electron chi connectivity index (χ1n) is 19.6. The lowest BCUT2D eigenvalue weighted by atomic mass is 10.0. The van der Waals surface area contributed by atoms with Crippen LogP contribution in [0.1, 0.15) is 0 Å². The highest BCUT2D eigenvalue weighted by Crippen LogP contribution is 2.43. The van der Waals surface area contributed by atoms with E-state index >= 15 is 0 Å². The van der Waals surface area contributed by atoms with Gasteiger partial charge in [-0.1, -0.05) is 152 Å². The standard InChI is InChI=1S/C53H33N5/c1-4-17-35(18-5-1)51-54-52(36-19-6-2-7-20-36)56-53(55-51)42-29-31-46(40-25-13-12-24-39(40)42)58-47-30-28-34-16-10-11-23-38(34)50(47)44-33-48-43(32-49(44)58)41-26-14-15-27-45(41)57(48)37-21-8-3-9-22-37/h1-33H. The van der Waals surface area contributed by atoms with Gasteiger partial charge in [-0.3, -0.25) is 0 Å². The Morgan fingerprint density at radius 3 is 1.59 bits per heavy atom. The minimum atomic E-state index is 0.638. The number of fused-ring (bicyclic) bond motifs is 9. The zero-order valence-electron chi connectivity index (χ0n) is 31.3. The molecule has 58 heavy (non-hydrogen) atoms. The Hall–Kier alpha value is -7.89. The molecule has 0 bridgehead atoms. The van der Waals surface area contributed by atoms with Gasteiger partial charge in [0.25, 0.3) is 0 Å². The Labute approximate surface area is 333 Å². The maximum atomic E-state index is 5.14. The minimum absolute atomic E-state index is 0.638. The lowest BCUT2D eigenvalue weighted by Gasteiger charge is -2.15. The van der Waals surface area contributed by atoms with Gasteiger partial charge < -0.3 is 9.13 Å². The quantitative estimate of drug-likeness (QED) is 0.177. The Bertz CT molecular complexity index is 3490. The summed E-state index contributed by atoms with van der Waals surface area (Å²) in [5.41, 5.74) is 9.78. The number of aromatic nitrogens is 5. The molecule has 0 saturated heterocycles. The van der Waals surface area contributed by atoms with E-state index in [2.05, 4.69) is 173 Å². The van der Waals surface area contributed by atoms with Gasteiger partial charge in [-0.2, -0.15) is 0 Å². The van der Waals surface area contributed by atoms with E-state index in [1.165, 1.54) is 43.4 Å². The lowest BCUT2D eigenvalue weighted by molar-refractivity contribution is 1.08. The molecule has 0 spiro atoms. The summed E-state index contributed by atoms with van der Waals surface area (Å²) in [6, 6.07) is 71.0. The van der Waals surface area contributed by atoms with Gasteiger partial charge in [-0.25, -0.2) is 15.0 Å². The number of hydrogen-bond acceptors (Lipinski definition) is 3. The van der Waals surface area contributed by atoms with Gasteiger partial charge in [0.2, 0.25) is 0 Å². The fraction of sp³-hybridized carbons (Fsp3) is 0. The highest BCUT2D eigenvalue weighted by Gasteiger charge is 2.22. The number of benzene rings is 9. The van der Waals surface area contributed by atoms with E-state index in [0.29, 0.717) is 17.5 Å². The second-order valence-electron chi connectivity index (χ2n) is 14.8. The third kappa shape index (κ3) is 4.93. The molecule has 0 atom stereocenters. The molecule has 0 aliphatic carbocycles. The average molecular weight is 740 g/mol. The van der Waals surface area contributed by atoms with E-state index in [1.54, 1.807) is 0 Å². The molecule has 12 aromatic rings. The molecule has 3 aromatic heterocycles. The fourth-order valence-electron chi connectivity index (χ4n) is 8.97. The van der Waals surface area contributed by atoms with Crippen LogP contribution in [0.2, 0.25) is 0 Å². The van der Waals surface area contributed by atoms with Crippen LogP contribution >= 0.6 is 0 Å². The zero-order chi connectivity index (χ0) is 38.2. The van der Waals surface area contributed by atoms with Crippen molar-refractivity contribution in [3.8, 4) is 45.5 Å². The molecule has 0 radical (unpaired) electrons. The summed E-state index contributed by atoms with van der Waals surface area (Å²) >= 11 is 0. The van der Waals surface area contributed by atoms with Crippen LogP contribution in [0.5, 0.6) is 0 Å². The first-order chi connectivity index (χ1) is 28.8. The Morgan fingerprint density at radius 1 is 0.310 bits per heavy atom. The fourth-order valence-corrected chi connectivity index (χ4v) is 8.97. The molecule has 3 heterocycles. The predicted octanol–water partition coefficient (Wildman–Crippen LogP) is 13.4. The topological polar surface area (TPSA) is 48.5 Å². The molecule has 5 nitrogen and oxygen atoms in total. The van der Waals surface area contributed by atoms with Crippen LogP contribution in [0.25, 0.3) is 111 Å². The summed E-state index contributed by atoms with van der Waals surface area (Å²) in [5.74, 6) is 1.93. The summed E-state index contributed by atoms with van der Waals surface area (Å²) in [5, 5.41) is 9.53. The summed E-state index contributed by atoms with van der Waals surface area (Å²) in [7, 11) is 0. The molecule has 12 rings (SSSR count). The number of nitrogens with zero attached hydrogens (tertiary/aromatic N) is 5. The molecule has 270 valence electrons. The molecule has 0 aliphatic heterocycles. The molecule has 0 amide bonds. The third-order valence-electron chi connectivity index (χ3n) is 11.5. The largest absolute Gasteiger partial charge is 0.309 e. The monoisotopic (exact) mass is 739 g/mol. The molecular weight excluding hydrogens is 707 g/mol. The molecule has 0 saturated carbocycles. The van der Waals surface area contributed by atoms with Gasteiger partial charge in [-0.05, 0) is 64.7 Å². The van der Waals surface area contributed by atoms with Crippen molar-refractivity contribution in [1.29, 1.82) is 0 Å². The summed E-state index contributed by atoms with van der Waals surface area (Å²) in [6.45, 7) is 0. The Morgan fingerprint density at radius 2 is 0.862 bits per heavy atom. The minimum Gasteiger partial charge on any atom is -0.309 e. The first kappa shape index (κ1) is 32.4. The maximum Gasteiger partial charge on any atom is 0.164 e. The average Bonchev–Trinajstić information content (AvgIpc) is 3.80.